The van der Waals surface area contributed by atoms with E-state index in [1.165, 1.54) is 0 Å². The zero-order valence-electron chi connectivity index (χ0n) is 20.8. The molecule has 0 amide bonds. The Morgan fingerprint density at radius 2 is 1.95 bits per heavy atom. The Labute approximate surface area is 228 Å². The summed E-state index contributed by atoms with van der Waals surface area (Å²) in [6.07, 6.45) is 7.16. The monoisotopic (exact) mass is 574 g/mol. The summed E-state index contributed by atoms with van der Waals surface area (Å²) in [6.45, 7) is 1.68. The highest BCUT2D eigenvalue weighted by Crippen LogP contribution is 2.39. The SMILES string of the molecule is O=C(C[C@H]1CCc2cc(F)c(Br)cc21)c1cccc(NC2(c3nc(-c4ccncc4)n[nH]3)CCNCC2)c1. The Morgan fingerprint density at radius 3 is 2.76 bits per heavy atom. The van der Waals surface area contributed by atoms with Gasteiger partial charge in [0, 0.05) is 35.6 Å². The van der Waals surface area contributed by atoms with Crippen molar-refractivity contribution < 1.29 is 9.18 Å². The summed E-state index contributed by atoms with van der Waals surface area (Å²) in [4.78, 5) is 22.3. The molecular formula is C29H28BrFN6O. The zero-order valence-corrected chi connectivity index (χ0v) is 22.4. The average Bonchev–Trinajstić information content (AvgIpc) is 3.59. The molecule has 0 bridgehead atoms. The summed E-state index contributed by atoms with van der Waals surface area (Å²) in [5.41, 5.74) is 4.09. The predicted molar refractivity (Wildman–Crippen MR) is 148 cm³/mol. The standard InChI is InChI=1S/C29H28BrFN6O/c30-24-17-23-19(15-25(24)31)4-5-20(23)16-26(38)21-2-1-3-22(14-21)35-29(8-12-33-13-9-29)28-34-27(36-37-28)18-6-10-32-11-7-18/h1-3,6-7,10-11,14-15,17,20,33,35H,4-5,8-9,12-13,16H2,(H,34,36,37)/t20-/m1/s1. The molecule has 7 nitrogen and oxygen atoms in total. The van der Waals surface area contributed by atoms with Crippen molar-refractivity contribution in [3.05, 3.63) is 93.7 Å². The molecule has 3 heterocycles. The van der Waals surface area contributed by atoms with Crippen molar-refractivity contribution >= 4 is 27.4 Å². The molecule has 1 saturated heterocycles. The van der Waals surface area contributed by atoms with E-state index in [1.54, 1.807) is 18.5 Å². The Balaban J connectivity index is 1.23. The van der Waals surface area contributed by atoms with E-state index in [0.717, 1.165) is 67.0 Å². The smallest absolute Gasteiger partial charge is 0.181 e. The van der Waals surface area contributed by atoms with Crippen LogP contribution in [0.5, 0.6) is 0 Å². The number of H-pyrrole nitrogens is 1. The lowest BCUT2D eigenvalue weighted by Crippen LogP contribution is -2.46. The summed E-state index contributed by atoms with van der Waals surface area (Å²) >= 11 is 3.30. The van der Waals surface area contributed by atoms with Gasteiger partial charge in [-0.15, -0.1) is 0 Å². The number of benzene rings is 2. The lowest BCUT2D eigenvalue weighted by atomic mass is 9.86. The number of hydrogen-bond acceptors (Lipinski definition) is 6. The number of Topliss-reactive ketones (excluding diaryl/α,β-unsaturated/α-hetero) is 1. The topological polar surface area (TPSA) is 95.6 Å². The highest BCUT2D eigenvalue weighted by molar-refractivity contribution is 9.10. The van der Waals surface area contributed by atoms with Gasteiger partial charge in [0.25, 0.3) is 0 Å². The van der Waals surface area contributed by atoms with Gasteiger partial charge in [0.15, 0.2) is 17.4 Å². The molecule has 0 radical (unpaired) electrons. The van der Waals surface area contributed by atoms with Crippen LogP contribution in [0.25, 0.3) is 11.4 Å². The second-order valence-electron chi connectivity index (χ2n) is 10.1. The molecule has 1 atom stereocenters. The molecule has 2 aliphatic rings. The van der Waals surface area contributed by atoms with E-state index in [4.69, 9.17) is 4.98 Å². The van der Waals surface area contributed by atoms with E-state index in [-0.39, 0.29) is 17.5 Å². The summed E-state index contributed by atoms with van der Waals surface area (Å²) < 4.78 is 14.4. The molecule has 6 rings (SSSR count). The third-order valence-electron chi connectivity index (χ3n) is 7.72. The van der Waals surface area contributed by atoms with Crippen LogP contribution in [0, 0.1) is 5.82 Å². The van der Waals surface area contributed by atoms with Gasteiger partial charge in [-0.3, -0.25) is 14.9 Å². The molecule has 0 saturated carbocycles. The minimum absolute atomic E-state index is 0.0888. The number of fused-ring (bicyclic) bond motifs is 1. The summed E-state index contributed by atoms with van der Waals surface area (Å²) in [7, 11) is 0. The van der Waals surface area contributed by atoms with Crippen molar-refractivity contribution in [3.8, 4) is 11.4 Å². The van der Waals surface area contributed by atoms with E-state index < -0.39 is 5.54 Å². The van der Waals surface area contributed by atoms with Gasteiger partial charge in [-0.1, -0.05) is 12.1 Å². The molecular weight excluding hydrogens is 547 g/mol. The number of nitrogens with one attached hydrogen (secondary N) is 3. The molecule has 9 heteroatoms. The highest BCUT2D eigenvalue weighted by Gasteiger charge is 2.37. The largest absolute Gasteiger partial charge is 0.373 e. The van der Waals surface area contributed by atoms with Gasteiger partial charge in [0.2, 0.25) is 0 Å². The number of rotatable bonds is 7. The summed E-state index contributed by atoms with van der Waals surface area (Å²) in [6, 6.07) is 14.9. The lowest BCUT2D eigenvalue weighted by molar-refractivity contribution is 0.0973. The lowest BCUT2D eigenvalue weighted by Gasteiger charge is -2.37. The van der Waals surface area contributed by atoms with Crippen molar-refractivity contribution in [1.29, 1.82) is 0 Å². The van der Waals surface area contributed by atoms with Crippen molar-refractivity contribution in [2.45, 2.75) is 43.6 Å². The third kappa shape index (κ3) is 4.88. The molecule has 194 valence electrons. The zero-order chi connectivity index (χ0) is 26.1. The minimum atomic E-state index is -0.439. The van der Waals surface area contributed by atoms with Gasteiger partial charge >= 0.3 is 0 Å². The van der Waals surface area contributed by atoms with Crippen molar-refractivity contribution in [1.82, 2.24) is 25.5 Å². The van der Waals surface area contributed by atoms with Crippen LogP contribution >= 0.6 is 15.9 Å². The van der Waals surface area contributed by atoms with Crippen LogP contribution in [0.15, 0.2) is 65.4 Å². The predicted octanol–water partition coefficient (Wildman–Crippen LogP) is 5.76. The summed E-state index contributed by atoms with van der Waals surface area (Å²) in [5.74, 6) is 1.35. The normalized spacial score (nSPS) is 18.2. The van der Waals surface area contributed by atoms with Crippen LogP contribution in [0.2, 0.25) is 0 Å². The van der Waals surface area contributed by atoms with Gasteiger partial charge in [0.05, 0.1) is 10.0 Å². The number of aromatic nitrogens is 4. The Hall–Kier alpha value is -3.43. The molecule has 2 aromatic heterocycles. The number of pyridine rings is 1. The fraction of sp³-hybridized carbons (Fsp3) is 0.310. The molecule has 1 fully saturated rings. The van der Waals surface area contributed by atoms with Crippen LogP contribution in [0.4, 0.5) is 10.1 Å². The maximum atomic E-state index is 14.0. The number of nitrogens with zero attached hydrogens (tertiary/aromatic N) is 3. The van der Waals surface area contributed by atoms with Gasteiger partial charge in [-0.05, 0) is 108 Å². The van der Waals surface area contributed by atoms with Gasteiger partial charge in [-0.2, -0.15) is 5.10 Å². The minimum Gasteiger partial charge on any atom is -0.373 e. The molecule has 2 aromatic carbocycles. The molecule has 1 aliphatic heterocycles. The van der Waals surface area contributed by atoms with E-state index >= 15 is 0 Å². The van der Waals surface area contributed by atoms with E-state index in [0.29, 0.717) is 22.3 Å². The quantitative estimate of drug-likeness (QED) is 0.243. The van der Waals surface area contributed by atoms with Gasteiger partial charge in [0.1, 0.15) is 5.82 Å². The van der Waals surface area contributed by atoms with E-state index in [1.807, 2.05) is 42.5 Å². The number of aryl methyl sites for hydroxylation is 1. The fourth-order valence-corrected chi connectivity index (χ4v) is 6.03. The second-order valence-corrected chi connectivity index (χ2v) is 11.0. The van der Waals surface area contributed by atoms with Crippen LogP contribution in [-0.2, 0) is 12.0 Å². The van der Waals surface area contributed by atoms with Gasteiger partial charge < -0.3 is 10.6 Å². The maximum Gasteiger partial charge on any atom is 0.181 e. The van der Waals surface area contributed by atoms with Crippen LogP contribution in [-0.4, -0.2) is 39.0 Å². The number of carbonyl (C=O) groups excluding carboxylic acids is 1. The van der Waals surface area contributed by atoms with E-state index in [9.17, 15) is 9.18 Å². The molecule has 0 spiro atoms. The van der Waals surface area contributed by atoms with Crippen molar-refractivity contribution in [2.75, 3.05) is 18.4 Å². The Morgan fingerprint density at radius 1 is 1.13 bits per heavy atom. The van der Waals surface area contributed by atoms with Crippen LogP contribution in [0.1, 0.15) is 58.9 Å². The first-order valence-electron chi connectivity index (χ1n) is 12.9. The molecule has 1 aliphatic carbocycles. The first kappa shape index (κ1) is 24.9. The fourth-order valence-electron chi connectivity index (χ4n) is 5.67. The number of piperidine rings is 1. The average molecular weight is 575 g/mol. The third-order valence-corrected chi connectivity index (χ3v) is 8.33. The Kier molecular flexibility index (Phi) is 6.80. The number of halogens is 2. The van der Waals surface area contributed by atoms with Crippen molar-refractivity contribution in [2.24, 2.45) is 0 Å². The molecule has 0 unspecified atom stereocenters. The molecule has 3 N–H and O–H groups in total. The second kappa shape index (κ2) is 10.4. The first-order valence-corrected chi connectivity index (χ1v) is 13.7. The maximum absolute atomic E-state index is 14.0. The number of aromatic amines is 1. The number of ketones is 1. The van der Waals surface area contributed by atoms with E-state index in [2.05, 4.69) is 41.7 Å². The number of hydrogen-bond donors (Lipinski definition) is 3. The van der Waals surface area contributed by atoms with Crippen LogP contribution in [0.3, 0.4) is 0 Å². The van der Waals surface area contributed by atoms with Crippen molar-refractivity contribution in [3.63, 3.8) is 0 Å². The van der Waals surface area contributed by atoms with Gasteiger partial charge in [-0.25, -0.2) is 9.37 Å². The number of anilines is 1. The molecule has 38 heavy (non-hydrogen) atoms. The molecule has 4 aromatic rings. The first-order chi connectivity index (χ1) is 18.5. The Bertz CT molecular complexity index is 1470. The highest BCUT2D eigenvalue weighted by atomic mass is 79.9. The summed E-state index contributed by atoms with van der Waals surface area (Å²) in [5, 5.41) is 14.8. The number of carbonyl (C=O) groups is 1. The van der Waals surface area contributed by atoms with Crippen LogP contribution < -0.4 is 10.6 Å².